The maximum atomic E-state index is 4.78. The SMILES string of the molecule is Cc1cc(C)n(CCc2c(-c3ccccc3)ncn2[C@@H](C)Cn2cccn2)n1. The molecule has 1 aromatic carbocycles. The third kappa shape index (κ3) is 3.76. The highest BCUT2D eigenvalue weighted by Gasteiger charge is 2.17. The zero-order chi connectivity index (χ0) is 19.5. The van der Waals surface area contributed by atoms with Crippen LogP contribution in [-0.4, -0.2) is 29.1 Å². The number of aryl methyl sites for hydroxylation is 3. The van der Waals surface area contributed by atoms with Crippen LogP contribution in [-0.2, 0) is 19.5 Å². The monoisotopic (exact) mass is 374 g/mol. The Hall–Kier alpha value is -3.15. The van der Waals surface area contributed by atoms with Crippen LogP contribution in [0.2, 0.25) is 0 Å². The molecule has 4 aromatic rings. The van der Waals surface area contributed by atoms with Crippen LogP contribution < -0.4 is 0 Å². The van der Waals surface area contributed by atoms with Gasteiger partial charge in [-0.2, -0.15) is 10.2 Å². The van der Waals surface area contributed by atoms with Crippen molar-refractivity contribution in [1.82, 2.24) is 29.1 Å². The predicted molar refractivity (Wildman–Crippen MR) is 110 cm³/mol. The molecule has 28 heavy (non-hydrogen) atoms. The minimum atomic E-state index is 0.250. The third-order valence-corrected chi connectivity index (χ3v) is 5.09. The number of rotatable bonds is 7. The molecule has 0 aliphatic heterocycles. The van der Waals surface area contributed by atoms with Crippen molar-refractivity contribution >= 4 is 0 Å². The lowest BCUT2D eigenvalue weighted by Crippen LogP contribution is -2.17. The van der Waals surface area contributed by atoms with E-state index < -0.39 is 0 Å². The van der Waals surface area contributed by atoms with Gasteiger partial charge in [0, 0.05) is 42.3 Å². The number of hydrogen-bond donors (Lipinski definition) is 0. The Morgan fingerprint density at radius 3 is 2.57 bits per heavy atom. The molecule has 0 saturated heterocycles. The Morgan fingerprint density at radius 1 is 1.07 bits per heavy atom. The van der Waals surface area contributed by atoms with Gasteiger partial charge in [0.25, 0.3) is 0 Å². The van der Waals surface area contributed by atoms with E-state index in [4.69, 9.17) is 4.98 Å². The van der Waals surface area contributed by atoms with Crippen LogP contribution in [0.15, 0.2) is 61.2 Å². The fourth-order valence-corrected chi connectivity index (χ4v) is 3.73. The molecule has 0 amide bonds. The lowest BCUT2D eigenvalue weighted by atomic mass is 10.1. The predicted octanol–water partition coefficient (Wildman–Crippen LogP) is 4.06. The molecular formula is C22H26N6. The molecule has 0 saturated carbocycles. The Labute approximate surface area is 165 Å². The molecule has 0 spiro atoms. The quantitative estimate of drug-likeness (QED) is 0.490. The molecule has 6 heteroatoms. The number of aromatic nitrogens is 6. The van der Waals surface area contributed by atoms with Gasteiger partial charge in [0.05, 0.1) is 30.3 Å². The van der Waals surface area contributed by atoms with Gasteiger partial charge in [-0.3, -0.25) is 9.36 Å². The maximum absolute atomic E-state index is 4.78. The number of benzene rings is 1. The number of hydrogen-bond acceptors (Lipinski definition) is 3. The van der Waals surface area contributed by atoms with Crippen LogP contribution in [0.1, 0.15) is 30.0 Å². The largest absolute Gasteiger partial charge is 0.329 e. The first-order chi connectivity index (χ1) is 13.6. The summed E-state index contributed by atoms with van der Waals surface area (Å²) in [6, 6.07) is 14.7. The minimum Gasteiger partial charge on any atom is -0.329 e. The fourth-order valence-electron chi connectivity index (χ4n) is 3.73. The average Bonchev–Trinajstić information content (AvgIpc) is 3.41. The van der Waals surface area contributed by atoms with E-state index in [1.165, 1.54) is 11.4 Å². The first kappa shape index (κ1) is 18.2. The van der Waals surface area contributed by atoms with Crippen LogP contribution in [0.3, 0.4) is 0 Å². The van der Waals surface area contributed by atoms with Crippen molar-refractivity contribution in [2.45, 2.75) is 46.3 Å². The summed E-state index contributed by atoms with van der Waals surface area (Å²) in [7, 11) is 0. The molecule has 0 unspecified atom stereocenters. The van der Waals surface area contributed by atoms with Crippen molar-refractivity contribution in [1.29, 1.82) is 0 Å². The van der Waals surface area contributed by atoms with Crippen LogP contribution >= 0.6 is 0 Å². The van der Waals surface area contributed by atoms with E-state index >= 15 is 0 Å². The molecule has 6 nitrogen and oxygen atoms in total. The highest BCUT2D eigenvalue weighted by Crippen LogP contribution is 2.26. The van der Waals surface area contributed by atoms with Crippen molar-refractivity contribution in [3.05, 3.63) is 78.3 Å². The molecule has 0 aliphatic carbocycles. The topological polar surface area (TPSA) is 53.5 Å². The van der Waals surface area contributed by atoms with E-state index in [1.54, 1.807) is 0 Å². The summed E-state index contributed by atoms with van der Waals surface area (Å²) in [6.45, 7) is 8.00. The molecule has 3 aromatic heterocycles. The van der Waals surface area contributed by atoms with Gasteiger partial charge in [0.1, 0.15) is 0 Å². The molecule has 144 valence electrons. The summed E-state index contributed by atoms with van der Waals surface area (Å²) >= 11 is 0. The second-order valence-electron chi connectivity index (χ2n) is 7.29. The first-order valence-corrected chi connectivity index (χ1v) is 9.71. The highest BCUT2D eigenvalue weighted by molar-refractivity contribution is 5.61. The zero-order valence-electron chi connectivity index (χ0n) is 16.7. The average molecular weight is 374 g/mol. The molecule has 0 fully saturated rings. The van der Waals surface area contributed by atoms with Crippen molar-refractivity contribution < 1.29 is 0 Å². The second-order valence-corrected chi connectivity index (χ2v) is 7.29. The maximum Gasteiger partial charge on any atom is 0.0959 e. The lowest BCUT2D eigenvalue weighted by Gasteiger charge is -2.18. The third-order valence-electron chi connectivity index (χ3n) is 5.09. The Kier molecular flexibility index (Phi) is 5.10. The van der Waals surface area contributed by atoms with E-state index in [2.05, 4.69) is 63.6 Å². The molecule has 4 rings (SSSR count). The fraction of sp³-hybridized carbons (Fsp3) is 0.318. The van der Waals surface area contributed by atoms with Crippen molar-refractivity contribution in [2.75, 3.05) is 0 Å². The summed E-state index contributed by atoms with van der Waals surface area (Å²) in [6.07, 6.45) is 6.66. The van der Waals surface area contributed by atoms with E-state index in [0.717, 1.165) is 36.5 Å². The minimum absolute atomic E-state index is 0.250. The molecule has 0 bridgehead atoms. The number of nitrogens with zero attached hydrogens (tertiary/aromatic N) is 6. The highest BCUT2D eigenvalue weighted by atomic mass is 15.3. The Balaban J connectivity index is 1.65. The van der Waals surface area contributed by atoms with Crippen LogP contribution in [0, 0.1) is 13.8 Å². The van der Waals surface area contributed by atoms with Crippen LogP contribution in [0.4, 0.5) is 0 Å². The van der Waals surface area contributed by atoms with Gasteiger partial charge in [0.2, 0.25) is 0 Å². The van der Waals surface area contributed by atoms with Gasteiger partial charge in [-0.15, -0.1) is 0 Å². The first-order valence-electron chi connectivity index (χ1n) is 9.71. The van der Waals surface area contributed by atoms with Crippen molar-refractivity contribution in [2.24, 2.45) is 0 Å². The molecule has 3 heterocycles. The molecule has 1 atom stereocenters. The van der Waals surface area contributed by atoms with E-state index in [-0.39, 0.29) is 6.04 Å². The van der Waals surface area contributed by atoms with Gasteiger partial charge < -0.3 is 4.57 Å². The summed E-state index contributed by atoms with van der Waals surface area (Å²) in [4.78, 5) is 4.78. The van der Waals surface area contributed by atoms with Gasteiger partial charge in [-0.1, -0.05) is 30.3 Å². The number of imidazole rings is 1. The van der Waals surface area contributed by atoms with E-state index in [1.807, 2.05) is 42.5 Å². The zero-order valence-corrected chi connectivity index (χ0v) is 16.7. The standard InChI is InChI=1S/C22H26N6/c1-17-14-18(2)28(25-17)13-10-21-22(20-8-5-4-6-9-20)23-16-27(21)19(3)15-26-12-7-11-24-26/h4-9,11-12,14,16,19H,10,13,15H2,1-3H3/t19-/m0/s1. The summed E-state index contributed by atoms with van der Waals surface area (Å²) < 4.78 is 6.34. The summed E-state index contributed by atoms with van der Waals surface area (Å²) in [5.41, 5.74) is 5.68. The summed E-state index contributed by atoms with van der Waals surface area (Å²) in [5.74, 6) is 0. The Bertz CT molecular complexity index is 1030. The lowest BCUT2D eigenvalue weighted by molar-refractivity contribution is 0.423. The van der Waals surface area contributed by atoms with E-state index in [0.29, 0.717) is 0 Å². The van der Waals surface area contributed by atoms with Gasteiger partial charge in [-0.25, -0.2) is 4.98 Å². The van der Waals surface area contributed by atoms with Crippen LogP contribution in [0.5, 0.6) is 0 Å². The van der Waals surface area contributed by atoms with Crippen molar-refractivity contribution in [3.63, 3.8) is 0 Å². The van der Waals surface area contributed by atoms with Gasteiger partial charge >= 0.3 is 0 Å². The second kappa shape index (κ2) is 7.84. The van der Waals surface area contributed by atoms with Crippen LogP contribution in [0.25, 0.3) is 11.3 Å². The van der Waals surface area contributed by atoms with Gasteiger partial charge in [0.15, 0.2) is 0 Å². The normalized spacial score (nSPS) is 12.4. The van der Waals surface area contributed by atoms with E-state index in [9.17, 15) is 0 Å². The van der Waals surface area contributed by atoms with Gasteiger partial charge in [-0.05, 0) is 32.9 Å². The molecular weight excluding hydrogens is 348 g/mol. The van der Waals surface area contributed by atoms with Crippen molar-refractivity contribution in [3.8, 4) is 11.3 Å². The molecule has 0 aliphatic rings. The Morgan fingerprint density at radius 2 is 1.89 bits per heavy atom. The molecule has 0 N–H and O–H groups in total. The molecule has 0 radical (unpaired) electrons. The summed E-state index contributed by atoms with van der Waals surface area (Å²) in [5, 5.41) is 8.97. The smallest absolute Gasteiger partial charge is 0.0959 e.